The number of benzene rings is 3. The smallest absolute Gasteiger partial charge is 0.187 e. The van der Waals surface area contributed by atoms with Gasteiger partial charge in [-0.2, -0.15) is 0 Å². The van der Waals surface area contributed by atoms with Gasteiger partial charge in [0.25, 0.3) is 0 Å². The summed E-state index contributed by atoms with van der Waals surface area (Å²) in [5.74, 6) is 0.751. The summed E-state index contributed by atoms with van der Waals surface area (Å²) in [6, 6.07) is 27.3. The first-order valence-corrected chi connectivity index (χ1v) is 8.95. The zero-order valence-electron chi connectivity index (χ0n) is 14.5. The van der Waals surface area contributed by atoms with Crippen molar-refractivity contribution in [2.24, 2.45) is 0 Å². The highest BCUT2D eigenvalue weighted by atomic mass is 16.5. The molecule has 0 amide bonds. The fourth-order valence-corrected chi connectivity index (χ4v) is 3.40. The van der Waals surface area contributed by atoms with Gasteiger partial charge in [0, 0.05) is 0 Å². The summed E-state index contributed by atoms with van der Waals surface area (Å²) < 4.78 is 6.22. The largest absolute Gasteiger partial charge is 0.483 e. The summed E-state index contributed by atoms with van der Waals surface area (Å²) in [5.41, 5.74) is 2.91. The Balaban J connectivity index is 1.57. The molecule has 2 atom stereocenters. The lowest BCUT2D eigenvalue weighted by Gasteiger charge is -2.33. The van der Waals surface area contributed by atoms with Crippen LogP contribution in [0.25, 0.3) is 0 Å². The average Bonchev–Trinajstić information content (AvgIpc) is 2.71. The monoisotopic (exact) mass is 343 g/mol. The van der Waals surface area contributed by atoms with E-state index in [0.717, 1.165) is 18.5 Å². The number of fused-ring (bicyclic) bond motifs is 1. The van der Waals surface area contributed by atoms with Gasteiger partial charge in [0.2, 0.25) is 0 Å². The van der Waals surface area contributed by atoms with E-state index in [1.165, 1.54) is 5.56 Å². The number of carbonyl (C=O) groups excluding carboxylic acids is 1. The Kier molecular flexibility index (Phi) is 4.80. The standard InChI is InChI=1S/C23H21NO2/c25-22-19-13-7-8-14-20(19)26-23(18-11-5-2-6-12-18)21(22)24-16-15-17-9-3-1-4-10-17/h1-14,21,23-24H,15-16H2/t21-,23+/m0/s1. The molecule has 0 bridgehead atoms. The summed E-state index contributed by atoms with van der Waals surface area (Å²) in [7, 11) is 0. The van der Waals surface area contributed by atoms with Crippen LogP contribution in [-0.4, -0.2) is 18.4 Å². The van der Waals surface area contributed by atoms with E-state index < -0.39 is 6.04 Å². The molecule has 26 heavy (non-hydrogen) atoms. The minimum Gasteiger partial charge on any atom is -0.483 e. The van der Waals surface area contributed by atoms with Crippen molar-refractivity contribution in [1.29, 1.82) is 0 Å². The number of hydrogen-bond donors (Lipinski definition) is 1. The summed E-state index contributed by atoms with van der Waals surface area (Å²) in [6.45, 7) is 0.718. The first-order valence-electron chi connectivity index (χ1n) is 8.95. The molecule has 3 nitrogen and oxygen atoms in total. The second-order valence-corrected chi connectivity index (χ2v) is 6.48. The molecule has 3 aromatic rings. The van der Waals surface area contributed by atoms with Crippen LogP contribution in [0.5, 0.6) is 5.75 Å². The summed E-state index contributed by atoms with van der Waals surface area (Å²) in [5, 5.41) is 3.43. The van der Waals surface area contributed by atoms with Crippen LogP contribution in [0.2, 0.25) is 0 Å². The topological polar surface area (TPSA) is 38.3 Å². The Morgan fingerprint density at radius 1 is 0.808 bits per heavy atom. The van der Waals surface area contributed by atoms with E-state index >= 15 is 0 Å². The van der Waals surface area contributed by atoms with Crippen LogP contribution >= 0.6 is 0 Å². The molecule has 0 unspecified atom stereocenters. The van der Waals surface area contributed by atoms with Gasteiger partial charge in [0.05, 0.1) is 5.56 Å². The van der Waals surface area contributed by atoms with E-state index in [-0.39, 0.29) is 11.9 Å². The number of para-hydroxylation sites is 1. The van der Waals surface area contributed by atoms with Gasteiger partial charge in [-0.15, -0.1) is 0 Å². The third-order valence-corrected chi connectivity index (χ3v) is 4.74. The van der Waals surface area contributed by atoms with Gasteiger partial charge >= 0.3 is 0 Å². The fourth-order valence-electron chi connectivity index (χ4n) is 3.40. The molecule has 0 fully saturated rings. The number of carbonyl (C=O) groups is 1. The Labute approximate surface area is 153 Å². The first-order chi connectivity index (χ1) is 12.8. The normalized spacial score (nSPS) is 18.8. The van der Waals surface area contributed by atoms with Crippen LogP contribution < -0.4 is 10.1 Å². The highest BCUT2D eigenvalue weighted by molar-refractivity contribution is 6.03. The maximum absolute atomic E-state index is 13.1. The molecule has 4 rings (SSSR count). The quantitative estimate of drug-likeness (QED) is 0.754. The van der Waals surface area contributed by atoms with Crippen molar-refractivity contribution >= 4 is 5.78 Å². The zero-order valence-corrected chi connectivity index (χ0v) is 14.5. The van der Waals surface area contributed by atoms with Gasteiger partial charge in [-0.3, -0.25) is 4.79 Å². The van der Waals surface area contributed by atoms with Crippen LogP contribution in [0, 0.1) is 0 Å². The molecule has 1 N–H and O–H groups in total. The summed E-state index contributed by atoms with van der Waals surface area (Å²) in [6.07, 6.45) is 0.544. The Morgan fingerprint density at radius 3 is 2.23 bits per heavy atom. The van der Waals surface area contributed by atoms with Gasteiger partial charge in [0.15, 0.2) is 5.78 Å². The number of ether oxygens (including phenoxy) is 1. The molecule has 0 saturated heterocycles. The van der Waals surface area contributed by atoms with E-state index in [1.807, 2.05) is 72.8 Å². The summed E-state index contributed by atoms with van der Waals surface area (Å²) >= 11 is 0. The molecule has 1 aliphatic heterocycles. The Hall–Kier alpha value is -2.91. The molecule has 0 aliphatic carbocycles. The number of ketones is 1. The Morgan fingerprint density at radius 2 is 1.46 bits per heavy atom. The molecule has 1 heterocycles. The highest BCUT2D eigenvalue weighted by Gasteiger charge is 2.37. The van der Waals surface area contributed by atoms with E-state index in [0.29, 0.717) is 11.3 Å². The molecule has 0 aromatic heterocycles. The number of rotatable bonds is 5. The lowest BCUT2D eigenvalue weighted by Crippen LogP contribution is -2.47. The third kappa shape index (κ3) is 3.39. The number of hydrogen-bond acceptors (Lipinski definition) is 3. The minimum atomic E-state index is -0.393. The molecule has 3 heteroatoms. The third-order valence-electron chi connectivity index (χ3n) is 4.74. The van der Waals surface area contributed by atoms with Crippen LogP contribution in [-0.2, 0) is 6.42 Å². The van der Waals surface area contributed by atoms with E-state index in [1.54, 1.807) is 0 Å². The second kappa shape index (κ2) is 7.54. The molecule has 0 spiro atoms. The molecule has 130 valence electrons. The van der Waals surface area contributed by atoms with Crippen LogP contribution in [0.1, 0.15) is 27.6 Å². The predicted octanol–water partition coefficient (Wildman–Crippen LogP) is 4.20. The van der Waals surface area contributed by atoms with E-state index in [9.17, 15) is 4.79 Å². The van der Waals surface area contributed by atoms with Crippen molar-refractivity contribution in [1.82, 2.24) is 5.32 Å². The SMILES string of the molecule is O=C1c2ccccc2O[C@H](c2ccccc2)[C@H]1NCCc1ccccc1. The van der Waals surface area contributed by atoms with Gasteiger partial charge in [-0.1, -0.05) is 72.8 Å². The molecule has 0 saturated carbocycles. The highest BCUT2D eigenvalue weighted by Crippen LogP contribution is 2.34. The van der Waals surface area contributed by atoms with Crippen LogP contribution in [0.15, 0.2) is 84.9 Å². The molecule has 1 aliphatic rings. The van der Waals surface area contributed by atoms with Crippen molar-refractivity contribution in [2.75, 3.05) is 6.54 Å². The van der Waals surface area contributed by atoms with Gasteiger partial charge < -0.3 is 10.1 Å². The second-order valence-electron chi connectivity index (χ2n) is 6.48. The molecule has 0 radical (unpaired) electrons. The van der Waals surface area contributed by atoms with Crippen molar-refractivity contribution < 1.29 is 9.53 Å². The van der Waals surface area contributed by atoms with Crippen molar-refractivity contribution in [3.63, 3.8) is 0 Å². The predicted molar refractivity (Wildman–Crippen MR) is 103 cm³/mol. The minimum absolute atomic E-state index is 0.0914. The van der Waals surface area contributed by atoms with Crippen molar-refractivity contribution in [3.8, 4) is 5.75 Å². The van der Waals surface area contributed by atoms with Gasteiger partial charge in [-0.25, -0.2) is 0 Å². The molecular weight excluding hydrogens is 322 g/mol. The van der Waals surface area contributed by atoms with Crippen molar-refractivity contribution in [3.05, 3.63) is 102 Å². The Bertz CT molecular complexity index is 877. The first kappa shape index (κ1) is 16.6. The zero-order chi connectivity index (χ0) is 17.8. The van der Waals surface area contributed by atoms with E-state index in [2.05, 4.69) is 17.4 Å². The number of Topliss-reactive ketones (excluding diaryl/α,β-unsaturated/α-hetero) is 1. The molecule has 3 aromatic carbocycles. The van der Waals surface area contributed by atoms with Crippen LogP contribution in [0.3, 0.4) is 0 Å². The maximum Gasteiger partial charge on any atom is 0.187 e. The fraction of sp³-hybridized carbons (Fsp3) is 0.174. The molecular formula is C23H21NO2. The van der Waals surface area contributed by atoms with E-state index in [4.69, 9.17) is 4.74 Å². The summed E-state index contributed by atoms with van der Waals surface area (Å²) in [4.78, 5) is 13.1. The van der Waals surface area contributed by atoms with Crippen LogP contribution in [0.4, 0.5) is 0 Å². The van der Waals surface area contributed by atoms with Crippen molar-refractivity contribution in [2.45, 2.75) is 18.6 Å². The van der Waals surface area contributed by atoms with Gasteiger partial charge in [-0.05, 0) is 36.2 Å². The number of nitrogens with one attached hydrogen (secondary N) is 1. The maximum atomic E-state index is 13.1. The lowest BCUT2D eigenvalue weighted by atomic mass is 9.91. The van der Waals surface area contributed by atoms with Gasteiger partial charge in [0.1, 0.15) is 17.9 Å². The average molecular weight is 343 g/mol. The lowest BCUT2D eigenvalue weighted by molar-refractivity contribution is 0.0736.